The van der Waals surface area contributed by atoms with E-state index >= 15 is 0 Å². The topological polar surface area (TPSA) is 104 Å². The Hall–Kier alpha value is -3.05. The molecule has 2 amide bonds. The second-order valence-electron chi connectivity index (χ2n) is 9.03. The largest absolute Gasteiger partial charge is 0.358 e. The lowest BCUT2D eigenvalue weighted by Crippen LogP contribution is -2.42. The minimum Gasteiger partial charge on any atom is -0.358 e. The standard InChI is InChI=1S/C26H21Cl2N3O5S2/c1-30-9-8-29-25(30)16-3-4-19-17(12-16)13-23(33)31(26(19)34)21-5-2-15(11-20(21)27)10-18(32)14-38(35,36)24-7-6-22(28)37-24/h2-7,11-12H,8-10,13-14H2,1H3. The van der Waals surface area contributed by atoms with Gasteiger partial charge in [0.2, 0.25) is 5.91 Å². The number of hydrogen-bond acceptors (Lipinski definition) is 8. The van der Waals surface area contributed by atoms with Crippen LogP contribution in [0.5, 0.6) is 0 Å². The third-order valence-electron chi connectivity index (χ3n) is 6.31. The highest BCUT2D eigenvalue weighted by Gasteiger charge is 2.34. The SMILES string of the molecule is CN1CCN=C1c1ccc2c(c1)CC(=O)N(c1ccc(CC(=O)CS(=O)(=O)c3ccc(Cl)s3)cc1Cl)C2=O. The van der Waals surface area contributed by atoms with Gasteiger partial charge in [-0.3, -0.25) is 19.4 Å². The Balaban J connectivity index is 1.33. The van der Waals surface area contributed by atoms with Crippen molar-refractivity contribution in [3.8, 4) is 0 Å². The number of amides is 2. The van der Waals surface area contributed by atoms with Crippen molar-refractivity contribution >= 4 is 73.5 Å². The van der Waals surface area contributed by atoms with E-state index in [2.05, 4.69) is 4.99 Å². The first-order valence-corrected chi connectivity index (χ1v) is 14.8. The van der Waals surface area contributed by atoms with Crippen LogP contribution in [0.1, 0.15) is 27.0 Å². The highest BCUT2D eigenvalue weighted by molar-refractivity contribution is 7.94. The lowest BCUT2D eigenvalue weighted by molar-refractivity contribution is -0.118. The molecule has 0 bridgehead atoms. The lowest BCUT2D eigenvalue weighted by Gasteiger charge is -2.28. The van der Waals surface area contributed by atoms with E-state index in [0.29, 0.717) is 27.6 Å². The molecule has 1 aromatic heterocycles. The summed E-state index contributed by atoms with van der Waals surface area (Å²) in [5.41, 5.74) is 2.56. The molecule has 0 spiro atoms. The van der Waals surface area contributed by atoms with Crippen molar-refractivity contribution in [2.24, 2.45) is 4.99 Å². The Kier molecular flexibility index (Phi) is 7.17. The van der Waals surface area contributed by atoms with Crippen LogP contribution in [0.4, 0.5) is 5.69 Å². The number of sulfone groups is 1. The molecule has 38 heavy (non-hydrogen) atoms. The number of nitrogens with zero attached hydrogens (tertiary/aromatic N) is 3. The van der Waals surface area contributed by atoms with Crippen molar-refractivity contribution in [3.63, 3.8) is 0 Å². The van der Waals surface area contributed by atoms with Crippen LogP contribution in [0.3, 0.4) is 0 Å². The first-order chi connectivity index (χ1) is 18.0. The van der Waals surface area contributed by atoms with Gasteiger partial charge in [-0.25, -0.2) is 13.3 Å². The Morgan fingerprint density at radius 2 is 1.87 bits per heavy atom. The summed E-state index contributed by atoms with van der Waals surface area (Å²) in [5, 5.41) is 0.104. The van der Waals surface area contributed by atoms with Crippen molar-refractivity contribution < 1.29 is 22.8 Å². The highest BCUT2D eigenvalue weighted by atomic mass is 35.5. The molecule has 0 saturated heterocycles. The van der Waals surface area contributed by atoms with Crippen LogP contribution in [0.25, 0.3) is 0 Å². The number of ketones is 1. The molecule has 0 saturated carbocycles. The molecule has 0 aliphatic carbocycles. The van der Waals surface area contributed by atoms with Gasteiger partial charge in [-0.05, 0) is 47.5 Å². The van der Waals surface area contributed by atoms with E-state index in [1.807, 2.05) is 24.1 Å². The monoisotopic (exact) mass is 589 g/mol. The first-order valence-electron chi connectivity index (χ1n) is 11.6. The van der Waals surface area contributed by atoms with Gasteiger partial charge < -0.3 is 4.90 Å². The number of rotatable bonds is 7. The number of thiophene rings is 1. The number of amidine groups is 1. The Labute approximate surface area is 233 Å². The van der Waals surface area contributed by atoms with Crippen molar-refractivity contribution in [3.05, 3.63) is 80.1 Å². The highest BCUT2D eigenvalue weighted by Crippen LogP contribution is 2.33. The summed E-state index contributed by atoms with van der Waals surface area (Å²) in [6.07, 6.45) is -0.156. The van der Waals surface area contributed by atoms with Crippen LogP contribution in [0.2, 0.25) is 9.36 Å². The predicted octanol–water partition coefficient (Wildman–Crippen LogP) is 4.06. The zero-order valence-corrected chi connectivity index (χ0v) is 23.3. The summed E-state index contributed by atoms with van der Waals surface area (Å²) in [5.74, 6) is -1.28. The number of carbonyl (C=O) groups excluding carboxylic acids is 3. The van der Waals surface area contributed by atoms with E-state index in [0.717, 1.165) is 34.2 Å². The summed E-state index contributed by atoms with van der Waals surface area (Å²) in [7, 11) is -1.86. The molecule has 3 heterocycles. The molecule has 3 aromatic rings. The molecule has 0 radical (unpaired) electrons. The van der Waals surface area contributed by atoms with Gasteiger partial charge in [0.05, 0.1) is 28.0 Å². The maximum Gasteiger partial charge on any atom is 0.265 e. The van der Waals surface area contributed by atoms with Crippen LogP contribution >= 0.6 is 34.5 Å². The van der Waals surface area contributed by atoms with Gasteiger partial charge in [-0.15, -0.1) is 11.3 Å². The van der Waals surface area contributed by atoms with Crippen LogP contribution in [-0.4, -0.2) is 62.6 Å². The quantitative estimate of drug-likeness (QED) is 0.385. The predicted molar refractivity (Wildman–Crippen MR) is 148 cm³/mol. The van der Waals surface area contributed by atoms with Crippen molar-refractivity contribution in [2.75, 3.05) is 30.8 Å². The van der Waals surface area contributed by atoms with E-state index in [-0.39, 0.29) is 27.8 Å². The van der Waals surface area contributed by atoms with Gasteiger partial charge in [-0.1, -0.05) is 35.3 Å². The summed E-state index contributed by atoms with van der Waals surface area (Å²) >= 11 is 13.2. The van der Waals surface area contributed by atoms with E-state index < -0.39 is 33.2 Å². The second kappa shape index (κ2) is 10.3. The number of benzene rings is 2. The molecule has 2 aliphatic heterocycles. The fourth-order valence-electron chi connectivity index (χ4n) is 4.52. The first kappa shape index (κ1) is 26.6. The van der Waals surface area contributed by atoms with Gasteiger partial charge in [0, 0.05) is 31.1 Å². The van der Waals surface area contributed by atoms with E-state index in [1.54, 1.807) is 12.1 Å². The van der Waals surface area contributed by atoms with E-state index in [1.165, 1.54) is 24.3 Å². The van der Waals surface area contributed by atoms with Crippen molar-refractivity contribution in [1.29, 1.82) is 0 Å². The van der Waals surface area contributed by atoms with Gasteiger partial charge in [0.25, 0.3) is 5.91 Å². The number of hydrogen-bond donors (Lipinski definition) is 0. The third kappa shape index (κ3) is 5.13. The molecule has 0 N–H and O–H groups in total. The van der Waals surface area contributed by atoms with Crippen molar-refractivity contribution in [1.82, 2.24) is 4.90 Å². The van der Waals surface area contributed by atoms with Gasteiger partial charge in [0.15, 0.2) is 15.6 Å². The summed E-state index contributed by atoms with van der Waals surface area (Å²) in [6, 6.07) is 12.7. The van der Waals surface area contributed by atoms with Crippen LogP contribution in [0, 0.1) is 0 Å². The average molecular weight is 591 g/mol. The van der Waals surface area contributed by atoms with Crippen LogP contribution in [0.15, 0.2) is 57.7 Å². The zero-order valence-electron chi connectivity index (χ0n) is 20.1. The number of anilines is 1. The van der Waals surface area contributed by atoms with E-state index in [9.17, 15) is 22.8 Å². The van der Waals surface area contributed by atoms with Gasteiger partial charge in [0.1, 0.15) is 15.8 Å². The van der Waals surface area contributed by atoms with Crippen LogP contribution in [-0.2, 0) is 32.3 Å². The fraction of sp³-hybridized carbons (Fsp3) is 0.231. The molecule has 2 aliphatic rings. The number of aliphatic imine (C=N–C) groups is 1. The lowest BCUT2D eigenvalue weighted by atomic mass is 9.95. The summed E-state index contributed by atoms with van der Waals surface area (Å²) in [6.45, 7) is 1.52. The number of Topliss-reactive ketones (excluding diaryl/α,β-unsaturated/α-hetero) is 1. The number of likely N-dealkylation sites (N-methyl/N-ethyl adjacent to an activating group) is 1. The Morgan fingerprint density at radius 1 is 1.08 bits per heavy atom. The smallest absolute Gasteiger partial charge is 0.265 e. The third-order valence-corrected chi connectivity index (χ3v) is 10.1. The molecule has 0 unspecified atom stereocenters. The number of carbonyl (C=O) groups is 3. The molecule has 8 nitrogen and oxygen atoms in total. The van der Waals surface area contributed by atoms with Gasteiger partial charge >= 0.3 is 0 Å². The van der Waals surface area contributed by atoms with Gasteiger partial charge in [-0.2, -0.15) is 0 Å². The Morgan fingerprint density at radius 3 is 2.53 bits per heavy atom. The maximum atomic E-state index is 13.3. The molecule has 0 atom stereocenters. The molecule has 12 heteroatoms. The summed E-state index contributed by atoms with van der Waals surface area (Å²) in [4.78, 5) is 46.4. The molecule has 5 rings (SSSR count). The second-order valence-corrected chi connectivity index (χ2v) is 13.4. The zero-order chi connectivity index (χ0) is 27.2. The molecular formula is C26H21Cl2N3O5S2. The summed E-state index contributed by atoms with van der Waals surface area (Å²) < 4.78 is 25.3. The normalized spacial score (nSPS) is 15.6. The maximum absolute atomic E-state index is 13.3. The minimum absolute atomic E-state index is 0.0209. The number of fused-ring (bicyclic) bond motifs is 1. The van der Waals surface area contributed by atoms with E-state index in [4.69, 9.17) is 23.2 Å². The molecular weight excluding hydrogens is 569 g/mol. The average Bonchev–Trinajstić information content (AvgIpc) is 3.48. The molecule has 2 aromatic carbocycles. The van der Waals surface area contributed by atoms with Crippen LogP contribution < -0.4 is 4.90 Å². The fourth-order valence-corrected chi connectivity index (χ4v) is 7.62. The molecule has 196 valence electrons. The van der Waals surface area contributed by atoms with Crippen molar-refractivity contribution in [2.45, 2.75) is 17.1 Å². The minimum atomic E-state index is -3.80. The number of imide groups is 1. The Bertz CT molecular complexity index is 1630. The molecule has 0 fully saturated rings. The number of halogens is 2.